The van der Waals surface area contributed by atoms with Gasteiger partial charge in [0.05, 0.1) is 33.3 Å². The Balaban J connectivity index is 1.33. The fraction of sp³-hybridized carbons (Fsp3) is 0.111. The fourth-order valence-corrected chi connectivity index (χ4v) is 4.75. The maximum absolute atomic E-state index is 13.1. The van der Waals surface area contributed by atoms with Gasteiger partial charge in [-0.05, 0) is 49.7 Å². The smallest absolute Gasteiger partial charge is 0.291 e. The highest BCUT2D eigenvalue weighted by Crippen LogP contribution is 2.31. The molecule has 0 fully saturated rings. The van der Waals surface area contributed by atoms with Crippen LogP contribution in [0.15, 0.2) is 83.5 Å². The van der Waals surface area contributed by atoms with E-state index >= 15 is 0 Å². The van der Waals surface area contributed by atoms with E-state index in [9.17, 15) is 14.4 Å². The van der Waals surface area contributed by atoms with Crippen LogP contribution < -0.4 is 16.0 Å². The van der Waals surface area contributed by atoms with Crippen molar-refractivity contribution in [1.82, 2.24) is 15.5 Å². The third kappa shape index (κ3) is 5.00. The van der Waals surface area contributed by atoms with Crippen LogP contribution in [0, 0.1) is 0 Å². The normalized spacial score (nSPS) is 11.3. The second-order valence-corrected chi connectivity index (χ2v) is 9.85. The topological polar surface area (TPSA) is 129 Å². The maximum Gasteiger partial charge on any atom is 0.291 e. The molecule has 0 radical (unpaired) electrons. The lowest BCUT2D eigenvalue weighted by atomic mass is 9.94. The Morgan fingerprint density at radius 2 is 1.65 bits per heavy atom. The number of nitrogens with zero attached hydrogens (tertiary/aromatic N) is 1. The molecule has 37 heavy (non-hydrogen) atoms. The zero-order valence-corrected chi connectivity index (χ0v) is 20.8. The summed E-state index contributed by atoms with van der Waals surface area (Å²) in [4.78, 5) is 39.7. The van der Waals surface area contributed by atoms with Gasteiger partial charge in [0.25, 0.3) is 17.7 Å². The zero-order chi connectivity index (χ0) is 26.0. The van der Waals surface area contributed by atoms with Gasteiger partial charge in [0.15, 0.2) is 11.6 Å². The summed E-state index contributed by atoms with van der Waals surface area (Å²) in [5.41, 5.74) is 0.978. The average Bonchev–Trinajstić information content (AvgIpc) is 3.64. The number of benzene rings is 2. The van der Waals surface area contributed by atoms with Gasteiger partial charge >= 0.3 is 0 Å². The first-order valence-corrected chi connectivity index (χ1v) is 12.2. The van der Waals surface area contributed by atoms with E-state index in [-0.39, 0.29) is 23.0 Å². The predicted molar refractivity (Wildman–Crippen MR) is 142 cm³/mol. The van der Waals surface area contributed by atoms with Gasteiger partial charge in [-0.15, -0.1) is 11.3 Å². The molecule has 5 aromatic rings. The van der Waals surface area contributed by atoms with Gasteiger partial charge in [-0.2, -0.15) is 5.10 Å². The van der Waals surface area contributed by atoms with Crippen LogP contribution in [0.25, 0.3) is 10.2 Å². The number of aromatic amines is 1. The number of hydrogen-bond donors (Lipinski definition) is 4. The van der Waals surface area contributed by atoms with Crippen LogP contribution in [-0.4, -0.2) is 27.9 Å². The molecule has 10 heteroatoms. The molecule has 5 rings (SSSR count). The number of hydrogen-bond acceptors (Lipinski definition) is 6. The largest absolute Gasteiger partial charge is 0.459 e. The second kappa shape index (κ2) is 9.75. The standard InChI is InChI=1S/C27H23N5O4S/c1-27(2,16-9-4-3-5-10-16)30-25(35)21-15-18-22(31-32-26(18)37-21)29-23(33)17-11-6-7-12-19(17)28-24(34)20-13-8-14-36-20/h3-15H,1-2H3,(H,28,34)(H,30,35)(H2,29,31,32,33). The van der Waals surface area contributed by atoms with Crippen molar-refractivity contribution in [1.29, 1.82) is 0 Å². The molecule has 0 saturated heterocycles. The summed E-state index contributed by atoms with van der Waals surface area (Å²) in [6.45, 7) is 3.88. The number of carbonyl (C=O) groups excluding carboxylic acids is 3. The van der Waals surface area contributed by atoms with Crippen LogP contribution in [0.2, 0.25) is 0 Å². The number of rotatable bonds is 7. The zero-order valence-electron chi connectivity index (χ0n) is 20.0. The minimum Gasteiger partial charge on any atom is -0.459 e. The minimum absolute atomic E-state index is 0.128. The van der Waals surface area contributed by atoms with Crippen LogP contribution in [0.5, 0.6) is 0 Å². The number of nitrogens with one attached hydrogen (secondary N) is 4. The Morgan fingerprint density at radius 1 is 0.892 bits per heavy atom. The van der Waals surface area contributed by atoms with Gasteiger partial charge in [-0.1, -0.05) is 42.5 Å². The van der Waals surface area contributed by atoms with Crippen molar-refractivity contribution >= 4 is 50.8 Å². The number of furan rings is 1. The molecule has 9 nitrogen and oxygen atoms in total. The van der Waals surface area contributed by atoms with E-state index in [0.29, 0.717) is 20.8 Å². The van der Waals surface area contributed by atoms with E-state index in [1.807, 2.05) is 44.2 Å². The van der Waals surface area contributed by atoms with Crippen molar-refractivity contribution in [3.8, 4) is 0 Å². The van der Waals surface area contributed by atoms with E-state index in [0.717, 1.165) is 5.56 Å². The first kappa shape index (κ1) is 24.0. The van der Waals surface area contributed by atoms with Crippen molar-refractivity contribution < 1.29 is 18.8 Å². The molecule has 0 atom stereocenters. The highest BCUT2D eigenvalue weighted by molar-refractivity contribution is 7.20. The van der Waals surface area contributed by atoms with Crippen molar-refractivity contribution in [2.45, 2.75) is 19.4 Å². The Bertz CT molecular complexity index is 1590. The minimum atomic E-state index is -0.574. The second-order valence-electron chi connectivity index (χ2n) is 8.80. The van der Waals surface area contributed by atoms with Crippen LogP contribution in [0.3, 0.4) is 0 Å². The number of thiophene rings is 1. The van der Waals surface area contributed by atoms with Gasteiger partial charge in [-0.25, -0.2) is 0 Å². The first-order chi connectivity index (χ1) is 17.8. The van der Waals surface area contributed by atoms with E-state index in [1.54, 1.807) is 36.4 Å². The third-order valence-corrected chi connectivity index (χ3v) is 6.84. The maximum atomic E-state index is 13.1. The lowest BCUT2D eigenvalue weighted by Crippen LogP contribution is -2.40. The van der Waals surface area contributed by atoms with Gasteiger partial charge < -0.3 is 20.4 Å². The molecule has 3 heterocycles. The van der Waals surface area contributed by atoms with Gasteiger partial charge in [-0.3, -0.25) is 19.5 Å². The molecule has 0 aliphatic heterocycles. The summed E-state index contributed by atoms with van der Waals surface area (Å²) < 4.78 is 5.12. The molecule has 4 N–H and O–H groups in total. The number of aromatic nitrogens is 2. The average molecular weight is 514 g/mol. The van der Waals surface area contributed by atoms with Crippen molar-refractivity contribution in [2.24, 2.45) is 0 Å². The third-order valence-electron chi connectivity index (χ3n) is 5.80. The first-order valence-electron chi connectivity index (χ1n) is 11.4. The molecule has 0 saturated carbocycles. The molecule has 3 amide bonds. The van der Waals surface area contributed by atoms with Crippen molar-refractivity contribution in [3.05, 3.63) is 101 Å². The Morgan fingerprint density at radius 3 is 2.41 bits per heavy atom. The monoisotopic (exact) mass is 513 g/mol. The molecule has 0 spiro atoms. The number of anilines is 2. The molecule has 186 valence electrons. The molecule has 3 aromatic heterocycles. The highest BCUT2D eigenvalue weighted by atomic mass is 32.1. The molecular formula is C27H23N5O4S. The summed E-state index contributed by atoms with van der Waals surface area (Å²) in [5.74, 6) is -0.759. The lowest BCUT2D eigenvalue weighted by Gasteiger charge is -2.26. The van der Waals surface area contributed by atoms with Gasteiger partial charge in [0.2, 0.25) is 0 Å². The van der Waals surface area contributed by atoms with Crippen molar-refractivity contribution in [3.63, 3.8) is 0 Å². The molecule has 0 unspecified atom stereocenters. The predicted octanol–water partition coefficient (Wildman–Crippen LogP) is 5.39. The molecule has 2 aromatic carbocycles. The number of carbonyl (C=O) groups is 3. The van der Waals surface area contributed by atoms with Crippen LogP contribution in [-0.2, 0) is 5.54 Å². The lowest BCUT2D eigenvalue weighted by molar-refractivity contribution is 0.0915. The summed E-state index contributed by atoms with van der Waals surface area (Å²) in [5, 5.41) is 16.2. The quantitative estimate of drug-likeness (QED) is 0.232. The van der Waals surface area contributed by atoms with E-state index in [1.165, 1.54) is 23.7 Å². The SMILES string of the molecule is CC(C)(NC(=O)c1cc2c(NC(=O)c3ccccc3NC(=O)c3ccco3)n[nH]c2s1)c1ccccc1. The Kier molecular flexibility index (Phi) is 6.33. The Hall–Kier alpha value is -4.70. The molecule has 0 bridgehead atoms. The number of fused-ring (bicyclic) bond motifs is 1. The summed E-state index contributed by atoms with van der Waals surface area (Å²) in [7, 11) is 0. The molecule has 0 aliphatic rings. The number of H-pyrrole nitrogens is 1. The van der Waals surface area contributed by atoms with E-state index in [2.05, 4.69) is 26.1 Å². The van der Waals surface area contributed by atoms with E-state index < -0.39 is 17.4 Å². The number of amides is 3. The summed E-state index contributed by atoms with van der Waals surface area (Å²) >= 11 is 1.25. The van der Waals surface area contributed by atoms with E-state index in [4.69, 9.17) is 4.42 Å². The highest BCUT2D eigenvalue weighted by Gasteiger charge is 2.25. The molecule has 0 aliphatic carbocycles. The van der Waals surface area contributed by atoms with Crippen molar-refractivity contribution in [2.75, 3.05) is 10.6 Å². The fourth-order valence-electron chi connectivity index (χ4n) is 3.85. The van der Waals surface area contributed by atoms with Gasteiger partial charge in [0.1, 0.15) is 4.83 Å². The summed E-state index contributed by atoms with van der Waals surface area (Å²) in [6.07, 6.45) is 1.40. The number of para-hydroxylation sites is 1. The van der Waals surface area contributed by atoms with Crippen LogP contribution in [0.1, 0.15) is 50.0 Å². The Labute approximate surface area is 215 Å². The molecular weight excluding hydrogens is 490 g/mol. The summed E-state index contributed by atoms with van der Waals surface area (Å²) in [6, 6.07) is 21.2. The van der Waals surface area contributed by atoms with Crippen LogP contribution in [0.4, 0.5) is 11.5 Å². The van der Waals surface area contributed by atoms with Gasteiger partial charge in [0, 0.05) is 0 Å². The van der Waals surface area contributed by atoms with Crippen LogP contribution >= 0.6 is 11.3 Å².